The van der Waals surface area contributed by atoms with Crippen LogP contribution in [-0.2, 0) is 6.42 Å². The fourth-order valence-electron chi connectivity index (χ4n) is 1.36. The second-order valence-corrected chi connectivity index (χ2v) is 4.18. The molecule has 0 aliphatic rings. The molecule has 0 bridgehead atoms. The molecule has 2 N–H and O–H groups in total. The van der Waals surface area contributed by atoms with E-state index in [1.807, 2.05) is 12.3 Å². The van der Waals surface area contributed by atoms with Crippen molar-refractivity contribution in [2.24, 2.45) is 0 Å². The number of pyridine rings is 2. The lowest BCUT2D eigenvalue weighted by atomic mass is 10.1. The molecule has 0 saturated carbocycles. The van der Waals surface area contributed by atoms with Crippen LogP contribution in [0.25, 0.3) is 0 Å². The quantitative estimate of drug-likeness (QED) is 0.906. The lowest BCUT2D eigenvalue weighted by molar-refractivity contribution is 1.11. The number of nitrogens with zero attached hydrogens (tertiary/aromatic N) is 2. The summed E-state index contributed by atoms with van der Waals surface area (Å²) >= 11 is 3.38. The minimum Gasteiger partial charge on any atom is -0.398 e. The van der Waals surface area contributed by atoms with E-state index in [0.29, 0.717) is 0 Å². The Morgan fingerprint density at radius 3 is 2.80 bits per heavy atom. The highest BCUT2D eigenvalue weighted by Gasteiger charge is 2.01. The van der Waals surface area contributed by atoms with Crippen molar-refractivity contribution in [3.63, 3.8) is 0 Å². The number of nitrogen functional groups attached to an aromatic ring is 1. The summed E-state index contributed by atoms with van der Waals surface area (Å²) in [6.45, 7) is 0. The third kappa shape index (κ3) is 2.53. The fraction of sp³-hybridized carbons (Fsp3) is 0.0909. The highest BCUT2D eigenvalue weighted by atomic mass is 79.9. The van der Waals surface area contributed by atoms with Gasteiger partial charge >= 0.3 is 0 Å². The Morgan fingerprint density at radius 1 is 1.20 bits per heavy atom. The van der Waals surface area contributed by atoms with Crippen molar-refractivity contribution >= 4 is 21.6 Å². The summed E-state index contributed by atoms with van der Waals surface area (Å²) in [7, 11) is 0. The van der Waals surface area contributed by atoms with Gasteiger partial charge in [0.1, 0.15) is 0 Å². The highest BCUT2D eigenvalue weighted by molar-refractivity contribution is 9.10. The summed E-state index contributed by atoms with van der Waals surface area (Å²) in [6, 6.07) is 3.83. The fourth-order valence-corrected chi connectivity index (χ4v) is 1.77. The maximum Gasteiger partial charge on any atom is 0.0410 e. The largest absolute Gasteiger partial charge is 0.398 e. The van der Waals surface area contributed by atoms with Crippen LogP contribution in [0.15, 0.2) is 41.4 Å². The third-order valence-corrected chi connectivity index (χ3v) is 2.53. The Morgan fingerprint density at radius 2 is 2.07 bits per heavy atom. The lowest BCUT2D eigenvalue weighted by Gasteiger charge is -2.04. The van der Waals surface area contributed by atoms with Crippen LogP contribution in [0.4, 0.5) is 5.69 Å². The molecule has 0 aromatic carbocycles. The molecule has 0 unspecified atom stereocenters. The minimum atomic E-state index is 0.756. The number of hydrogen-bond donors (Lipinski definition) is 1. The van der Waals surface area contributed by atoms with Crippen LogP contribution < -0.4 is 5.73 Å². The molecule has 0 atom stereocenters. The Labute approximate surface area is 96.5 Å². The number of nitrogens with two attached hydrogens (primary N) is 1. The van der Waals surface area contributed by atoms with E-state index in [-0.39, 0.29) is 0 Å². The Bertz CT molecular complexity index is 471. The molecule has 0 radical (unpaired) electrons. The van der Waals surface area contributed by atoms with Crippen LogP contribution in [0.2, 0.25) is 0 Å². The molecule has 0 amide bonds. The Hall–Kier alpha value is -1.42. The van der Waals surface area contributed by atoms with Gasteiger partial charge in [-0.3, -0.25) is 9.97 Å². The van der Waals surface area contributed by atoms with Crippen LogP contribution >= 0.6 is 15.9 Å². The molecule has 0 aliphatic carbocycles. The van der Waals surface area contributed by atoms with E-state index in [4.69, 9.17) is 5.73 Å². The second-order valence-electron chi connectivity index (χ2n) is 3.26. The first kappa shape index (κ1) is 10.1. The van der Waals surface area contributed by atoms with Crippen molar-refractivity contribution in [2.45, 2.75) is 6.42 Å². The van der Waals surface area contributed by atoms with Gasteiger partial charge in [0.15, 0.2) is 0 Å². The maximum absolute atomic E-state index is 5.83. The molecular weight excluding hydrogens is 254 g/mol. The van der Waals surface area contributed by atoms with Crippen molar-refractivity contribution in [3.8, 4) is 0 Å². The van der Waals surface area contributed by atoms with Crippen LogP contribution in [0.1, 0.15) is 11.1 Å². The maximum atomic E-state index is 5.83. The first-order chi connectivity index (χ1) is 7.25. The summed E-state index contributed by atoms with van der Waals surface area (Å²) in [5.41, 5.74) is 8.74. The van der Waals surface area contributed by atoms with E-state index >= 15 is 0 Å². The molecule has 76 valence electrons. The van der Waals surface area contributed by atoms with Gasteiger partial charge in [0.2, 0.25) is 0 Å². The van der Waals surface area contributed by atoms with Crippen LogP contribution in [0.3, 0.4) is 0 Å². The van der Waals surface area contributed by atoms with Crippen LogP contribution in [-0.4, -0.2) is 9.97 Å². The van der Waals surface area contributed by atoms with Gasteiger partial charge in [-0.05, 0) is 39.2 Å². The normalized spacial score (nSPS) is 10.2. The molecule has 0 spiro atoms. The van der Waals surface area contributed by atoms with Crippen molar-refractivity contribution < 1.29 is 0 Å². The van der Waals surface area contributed by atoms with Crippen molar-refractivity contribution in [2.75, 3.05) is 5.73 Å². The molecular formula is C11H10BrN3. The number of hydrogen-bond acceptors (Lipinski definition) is 3. The topological polar surface area (TPSA) is 51.8 Å². The number of rotatable bonds is 2. The molecule has 2 aromatic rings. The van der Waals surface area contributed by atoms with E-state index in [0.717, 1.165) is 27.7 Å². The van der Waals surface area contributed by atoms with Crippen molar-refractivity contribution in [1.82, 2.24) is 9.97 Å². The Balaban J connectivity index is 2.26. The van der Waals surface area contributed by atoms with Gasteiger partial charge in [0.05, 0.1) is 0 Å². The van der Waals surface area contributed by atoms with E-state index in [2.05, 4.69) is 25.9 Å². The summed E-state index contributed by atoms with van der Waals surface area (Å²) in [5, 5.41) is 0. The summed E-state index contributed by atoms with van der Waals surface area (Å²) < 4.78 is 0.975. The number of aromatic nitrogens is 2. The van der Waals surface area contributed by atoms with Gasteiger partial charge in [0, 0.05) is 41.4 Å². The van der Waals surface area contributed by atoms with Crippen LogP contribution in [0, 0.1) is 0 Å². The SMILES string of the molecule is Nc1ccncc1Cc1cncc(Br)c1. The highest BCUT2D eigenvalue weighted by Crippen LogP contribution is 2.16. The van der Waals surface area contributed by atoms with Crippen molar-refractivity contribution in [3.05, 3.63) is 52.5 Å². The number of halogens is 1. The summed E-state index contributed by atoms with van der Waals surface area (Å²) in [5.74, 6) is 0. The summed E-state index contributed by atoms with van der Waals surface area (Å²) in [4.78, 5) is 8.15. The molecule has 0 saturated heterocycles. The average Bonchev–Trinajstić information content (AvgIpc) is 2.22. The summed E-state index contributed by atoms with van der Waals surface area (Å²) in [6.07, 6.45) is 7.83. The average molecular weight is 264 g/mol. The third-order valence-electron chi connectivity index (χ3n) is 2.10. The van der Waals surface area contributed by atoms with E-state index in [1.54, 1.807) is 24.7 Å². The lowest BCUT2D eigenvalue weighted by Crippen LogP contribution is -1.96. The van der Waals surface area contributed by atoms with Gasteiger partial charge < -0.3 is 5.73 Å². The van der Waals surface area contributed by atoms with Gasteiger partial charge in [0.25, 0.3) is 0 Å². The van der Waals surface area contributed by atoms with Gasteiger partial charge in [-0.2, -0.15) is 0 Å². The smallest absolute Gasteiger partial charge is 0.0410 e. The molecule has 2 heterocycles. The van der Waals surface area contributed by atoms with E-state index < -0.39 is 0 Å². The van der Waals surface area contributed by atoms with Gasteiger partial charge in [-0.25, -0.2) is 0 Å². The second kappa shape index (κ2) is 4.40. The zero-order valence-corrected chi connectivity index (χ0v) is 9.61. The molecule has 2 aromatic heterocycles. The molecule has 2 rings (SSSR count). The monoisotopic (exact) mass is 263 g/mol. The van der Waals surface area contributed by atoms with Crippen LogP contribution in [0.5, 0.6) is 0 Å². The minimum absolute atomic E-state index is 0.756. The van der Waals surface area contributed by atoms with E-state index in [9.17, 15) is 0 Å². The van der Waals surface area contributed by atoms with Crippen molar-refractivity contribution in [1.29, 1.82) is 0 Å². The van der Waals surface area contributed by atoms with E-state index in [1.165, 1.54) is 0 Å². The predicted molar refractivity (Wildman–Crippen MR) is 63.4 cm³/mol. The van der Waals surface area contributed by atoms with Gasteiger partial charge in [-0.15, -0.1) is 0 Å². The standard InChI is InChI=1S/C11H10BrN3/c12-10-4-8(5-15-7-10)3-9-6-14-2-1-11(9)13/h1-2,4-7H,3H2,(H2,13,14). The first-order valence-electron chi connectivity index (χ1n) is 4.53. The Kier molecular flexibility index (Phi) is 2.97. The zero-order chi connectivity index (χ0) is 10.7. The molecule has 4 heteroatoms. The van der Waals surface area contributed by atoms with Gasteiger partial charge in [-0.1, -0.05) is 0 Å². The molecule has 0 aliphatic heterocycles. The molecule has 15 heavy (non-hydrogen) atoms. The molecule has 0 fully saturated rings. The molecule has 3 nitrogen and oxygen atoms in total. The first-order valence-corrected chi connectivity index (χ1v) is 5.33. The zero-order valence-electron chi connectivity index (χ0n) is 8.02. The predicted octanol–water partition coefficient (Wildman–Crippen LogP) is 2.41. The number of anilines is 1.